The van der Waals surface area contributed by atoms with E-state index in [2.05, 4.69) is 5.32 Å². The lowest BCUT2D eigenvalue weighted by Crippen LogP contribution is -2.46. The van der Waals surface area contributed by atoms with E-state index in [1.807, 2.05) is 0 Å². The zero-order chi connectivity index (χ0) is 15.5. The van der Waals surface area contributed by atoms with Crippen LogP contribution in [-0.4, -0.2) is 49.5 Å². The van der Waals surface area contributed by atoms with E-state index in [0.717, 1.165) is 0 Å². The molecule has 0 unspecified atom stereocenters. The Kier molecular flexibility index (Phi) is 6.77. The van der Waals surface area contributed by atoms with Gasteiger partial charge in [0.2, 0.25) is 0 Å². The number of hydrogen-bond donors (Lipinski definition) is 2. The maximum atomic E-state index is 12.9. The van der Waals surface area contributed by atoms with Gasteiger partial charge in [-0.25, -0.2) is 0 Å². The summed E-state index contributed by atoms with van der Waals surface area (Å²) in [6.45, 7) is 2.42. The van der Waals surface area contributed by atoms with Gasteiger partial charge in [0.05, 0.1) is 13.5 Å². The summed E-state index contributed by atoms with van der Waals surface area (Å²) in [5.74, 6) is 0.254. The second-order valence-corrected chi connectivity index (χ2v) is 5.05. The molecule has 0 spiro atoms. The van der Waals surface area contributed by atoms with Gasteiger partial charge in [-0.15, -0.1) is 12.4 Å². The first-order valence-corrected chi connectivity index (χ1v) is 6.79. The highest BCUT2D eigenvalue weighted by atomic mass is 35.5. The van der Waals surface area contributed by atoms with Gasteiger partial charge < -0.3 is 15.2 Å². The molecule has 0 saturated carbocycles. The SMILES string of the molecule is COc1cc(O)ccc1[C@H](CC(F)(F)F)N1CCNCC1.Cl. The van der Waals surface area contributed by atoms with Crippen molar-refractivity contribution in [3.63, 3.8) is 0 Å². The van der Waals surface area contributed by atoms with Crippen molar-refractivity contribution in [2.45, 2.75) is 18.6 Å². The summed E-state index contributed by atoms with van der Waals surface area (Å²) in [4.78, 5) is 1.80. The first kappa shape index (κ1) is 18.9. The topological polar surface area (TPSA) is 44.7 Å². The molecule has 2 N–H and O–H groups in total. The van der Waals surface area contributed by atoms with Crippen LogP contribution in [0.5, 0.6) is 11.5 Å². The van der Waals surface area contributed by atoms with E-state index in [-0.39, 0.29) is 23.9 Å². The Bertz CT molecular complexity index is 480. The highest BCUT2D eigenvalue weighted by molar-refractivity contribution is 5.85. The molecule has 1 heterocycles. The number of methoxy groups -OCH3 is 1. The van der Waals surface area contributed by atoms with E-state index in [1.165, 1.54) is 25.3 Å². The van der Waals surface area contributed by atoms with Crippen LogP contribution in [0.25, 0.3) is 0 Å². The van der Waals surface area contributed by atoms with Gasteiger partial charge in [0.1, 0.15) is 11.5 Å². The summed E-state index contributed by atoms with van der Waals surface area (Å²) < 4.78 is 43.9. The Balaban J connectivity index is 0.00000242. The molecular weight excluding hydrogens is 321 g/mol. The second-order valence-electron chi connectivity index (χ2n) is 5.05. The number of hydrogen-bond acceptors (Lipinski definition) is 4. The van der Waals surface area contributed by atoms with E-state index in [4.69, 9.17) is 4.74 Å². The van der Waals surface area contributed by atoms with Crippen LogP contribution < -0.4 is 10.1 Å². The minimum Gasteiger partial charge on any atom is -0.508 e. The lowest BCUT2D eigenvalue weighted by atomic mass is 9.99. The van der Waals surface area contributed by atoms with E-state index < -0.39 is 18.6 Å². The fourth-order valence-electron chi connectivity index (χ4n) is 2.62. The van der Waals surface area contributed by atoms with Gasteiger partial charge in [-0.05, 0) is 6.07 Å². The number of phenols is 1. The van der Waals surface area contributed by atoms with Gasteiger partial charge in [0.15, 0.2) is 0 Å². The summed E-state index contributed by atoms with van der Waals surface area (Å²) in [6.07, 6.45) is -5.20. The fourth-order valence-corrected chi connectivity index (χ4v) is 2.62. The van der Waals surface area contributed by atoms with Crippen molar-refractivity contribution >= 4 is 12.4 Å². The minimum absolute atomic E-state index is 0. The molecule has 1 aromatic carbocycles. The standard InChI is InChI=1S/C14H19F3N2O2.ClH/c1-21-13-8-10(20)2-3-11(13)12(9-14(15,16)17)19-6-4-18-5-7-19;/h2-3,8,12,18,20H,4-7,9H2,1H3;1H/t12-;/m0./s1. The Labute approximate surface area is 133 Å². The number of benzene rings is 1. The largest absolute Gasteiger partial charge is 0.508 e. The van der Waals surface area contributed by atoms with Crippen LogP contribution in [-0.2, 0) is 0 Å². The molecule has 1 atom stereocenters. The summed E-state index contributed by atoms with van der Waals surface area (Å²) >= 11 is 0. The van der Waals surface area contributed by atoms with Gasteiger partial charge in [0.25, 0.3) is 0 Å². The molecule has 126 valence electrons. The van der Waals surface area contributed by atoms with E-state index in [0.29, 0.717) is 31.7 Å². The number of nitrogens with zero attached hydrogens (tertiary/aromatic N) is 1. The van der Waals surface area contributed by atoms with Gasteiger partial charge in [-0.3, -0.25) is 4.90 Å². The smallest absolute Gasteiger partial charge is 0.390 e. The van der Waals surface area contributed by atoms with Crippen molar-refractivity contribution in [1.82, 2.24) is 10.2 Å². The van der Waals surface area contributed by atoms with Crippen molar-refractivity contribution in [3.05, 3.63) is 23.8 Å². The molecule has 0 aliphatic carbocycles. The molecule has 0 bridgehead atoms. The average molecular weight is 341 g/mol. The van der Waals surface area contributed by atoms with Crippen LogP contribution in [0.3, 0.4) is 0 Å². The van der Waals surface area contributed by atoms with E-state index in [1.54, 1.807) is 4.90 Å². The zero-order valence-electron chi connectivity index (χ0n) is 12.2. The Morgan fingerprint density at radius 1 is 1.32 bits per heavy atom. The molecule has 1 fully saturated rings. The minimum atomic E-state index is -4.27. The fraction of sp³-hybridized carbons (Fsp3) is 0.571. The number of nitrogens with one attached hydrogen (secondary N) is 1. The molecular formula is C14H20ClF3N2O2. The molecule has 2 rings (SSSR count). The van der Waals surface area contributed by atoms with Crippen molar-refractivity contribution in [1.29, 1.82) is 0 Å². The number of rotatable bonds is 4. The maximum absolute atomic E-state index is 12.9. The van der Waals surface area contributed by atoms with Crippen molar-refractivity contribution in [2.75, 3.05) is 33.3 Å². The molecule has 22 heavy (non-hydrogen) atoms. The number of alkyl halides is 3. The number of halogens is 4. The zero-order valence-corrected chi connectivity index (χ0v) is 13.0. The van der Waals surface area contributed by atoms with E-state index in [9.17, 15) is 18.3 Å². The number of ether oxygens (including phenoxy) is 1. The predicted octanol–water partition coefficient (Wildman–Crippen LogP) is 2.72. The normalized spacial score (nSPS) is 17.6. The van der Waals surface area contributed by atoms with Crippen LogP contribution in [0.4, 0.5) is 13.2 Å². The third kappa shape index (κ3) is 4.93. The summed E-state index contributed by atoms with van der Waals surface area (Å²) in [5, 5.41) is 12.6. The van der Waals surface area contributed by atoms with Gasteiger partial charge in [0, 0.05) is 43.9 Å². The first-order valence-electron chi connectivity index (χ1n) is 6.79. The Morgan fingerprint density at radius 3 is 2.50 bits per heavy atom. The van der Waals surface area contributed by atoms with Crippen LogP contribution in [0.2, 0.25) is 0 Å². The molecule has 1 aliphatic rings. The first-order chi connectivity index (χ1) is 9.90. The average Bonchev–Trinajstić information content (AvgIpc) is 2.45. The molecule has 0 radical (unpaired) electrons. The highest BCUT2D eigenvalue weighted by Gasteiger charge is 2.37. The van der Waals surface area contributed by atoms with Crippen LogP contribution >= 0.6 is 12.4 Å². The molecule has 1 aromatic rings. The van der Waals surface area contributed by atoms with Gasteiger partial charge in [-0.2, -0.15) is 13.2 Å². The predicted molar refractivity (Wildman–Crippen MR) is 79.8 cm³/mol. The number of piperazine rings is 1. The molecule has 0 aromatic heterocycles. The lowest BCUT2D eigenvalue weighted by molar-refractivity contribution is -0.148. The molecule has 0 amide bonds. The Morgan fingerprint density at radius 2 is 1.95 bits per heavy atom. The third-order valence-corrected chi connectivity index (χ3v) is 3.59. The maximum Gasteiger partial charge on any atom is 0.390 e. The molecule has 8 heteroatoms. The lowest BCUT2D eigenvalue weighted by Gasteiger charge is -2.36. The third-order valence-electron chi connectivity index (χ3n) is 3.59. The molecule has 4 nitrogen and oxygen atoms in total. The Hall–Kier alpha value is -1.18. The highest BCUT2D eigenvalue weighted by Crippen LogP contribution is 2.39. The van der Waals surface area contributed by atoms with Crippen molar-refractivity contribution in [3.8, 4) is 11.5 Å². The molecule has 1 saturated heterocycles. The quantitative estimate of drug-likeness (QED) is 0.884. The van der Waals surface area contributed by atoms with Crippen LogP contribution in [0.15, 0.2) is 18.2 Å². The summed E-state index contributed by atoms with van der Waals surface area (Å²) in [5.41, 5.74) is 0.453. The van der Waals surface area contributed by atoms with Gasteiger partial charge in [-0.1, -0.05) is 6.07 Å². The number of aromatic hydroxyl groups is 1. The van der Waals surface area contributed by atoms with Crippen LogP contribution in [0, 0.1) is 0 Å². The summed E-state index contributed by atoms with van der Waals surface area (Å²) in [6, 6.07) is 3.44. The second kappa shape index (κ2) is 7.89. The monoisotopic (exact) mass is 340 g/mol. The van der Waals surface area contributed by atoms with Gasteiger partial charge >= 0.3 is 6.18 Å². The van der Waals surface area contributed by atoms with E-state index >= 15 is 0 Å². The van der Waals surface area contributed by atoms with Crippen LogP contribution in [0.1, 0.15) is 18.0 Å². The summed E-state index contributed by atoms with van der Waals surface area (Å²) in [7, 11) is 1.39. The molecule has 1 aliphatic heterocycles. The van der Waals surface area contributed by atoms with Crippen molar-refractivity contribution < 1.29 is 23.0 Å². The number of phenolic OH excluding ortho intramolecular Hbond substituents is 1. The van der Waals surface area contributed by atoms with Crippen molar-refractivity contribution in [2.24, 2.45) is 0 Å².